The molecule has 0 aliphatic heterocycles. The largest absolute Gasteiger partial charge is 0.478 e. The van der Waals surface area contributed by atoms with Crippen molar-refractivity contribution in [3.8, 4) is 0 Å². The minimum absolute atomic E-state index is 0.0579. The molecule has 0 radical (unpaired) electrons. The van der Waals surface area contributed by atoms with Crippen molar-refractivity contribution in [2.45, 2.75) is 18.1 Å². The lowest BCUT2D eigenvalue weighted by molar-refractivity contribution is 0.0698. The molecule has 0 unspecified atom stereocenters. The number of carbonyl (C=O) groups is 1. The van der Waals surface area contributed by atoms with Crippen molar-refractivity contribution >= 4 is 37.6 Å². The lowest BCUT2D eigenvalue weighted by Gasteiger charge is -2.10. The highest BCUT2D eigenvalue weighted by Gasteiger charge is 2.36. The normalized spacial score (nSPS) is 15.6. The molecule has 1 fully saturated rings. The molecule has 1 aromatic carbocycles. The highest BCUT2D eigenvalue weighted by Crippen LogP contribution is 2.31. The van der Waals surface area contributed by atoms with E-state index in [4.69, 9.17) is 5.11 Å². The van der Waals surface area contributed by atoms with E-state index in [1.807, 2.05) is 0 Å². The lowest BCUT2D eigenvalue weighted by Crippen LogP contribution is -2.19. The second-order valence-corrected chi connectivity index (χ2v) is 6.72. The molecule has 5 nitrogen and oxygen atoms in total. The van der Waals surface area contributed by atoms with Crippen LogP contribution >= 0.6 is 15.9 Å². The Morgan fingerprint density at radius 1 is 1.41 bits per heavy atom. The van der Waals surface area contributed by atoms with Crippen molar-refractivity contribution in [2.75, 3.05) is 4.72 Å². The van der Waals surface area contributed by atoms with Crippen LogP contribution in [0, 0.1) is 0 Å². The molecule has 0 heterocycles. The van der Waals surface area contributed by atoms with Gasteiger partial charge in [0.15, 0.2) is 0 Å². The molecule has 2 N–H and O–H groups in total. The Labute approximate surface area is 107 Å². The van der Waals surface area contributed by atoms with E-state index in [0.29, 0.717) is 17.3 Å². The second-order valence-electron chi connectivity index (χ2n) is 3.84. The maximum absolute atomic E-state index is 11.7. The van der Waals surface area contributed by atoms with E-state index >= 15 is 0 Å². The van der Waals surface area contributed by atoms with E-state index < -0.39 is 16.0 Å². The van der Waals surface area contributed by atoms with Crippen molar-refractivity contribution in [1.82, 2.24) is 0 Å². The molecule has 2 rings (SSSR count). The highest BCUT2D eigenvalue weighted by molar-refractivity contribution is 9.10. The standard InChI is InChI=1S/C10H10BrNO4S/c11-6-1-4-8(10(13)14)9(5-6)12-17(15,16)7-2-3-7/h1,4-5,7,12H,2-3H2,(H,13,14). The fraction of sp³-hybridized carbons (Fsp3) is 0.300. The van der Waals surface area contributed by atoms with Crippen LogP contribution in [0.4, 0.5) is 5.69 Å². The Kier molecular flexibility index (Phi) is 3.13. The first kappa shape index (κ1) is 12.4. The van der Waals surface area contributed by atoms with Gasteiger partial charge in [0.25, 0.3) is 0 Å². The van der Waals surface area contributed by atoms with Crippen molar-refractivity contribution < 1.29 is 18.3 Å². The summed E-state index contributed by atoms with van der Waals surface area (Å²) in [5, 5.41) is 8.57. The van der Waals surface area contributed by atoms with Gasteiger partial charge in [-0.25, -0.2) is 13.2 Å². The first-order valence-corrected chi connectivity index (χ1v) is 7.28. The minimum atomic E-state index is -3.45. The number of rotatable bonds is 4. The van der Waals surface area contributed by atoms with Crippen LogP contribution in [-0.2, 0) is 10.0 Å². The summed E-state index contributed by atoms with van der Waals surface area (Å²) < 4.78 is 26.4. The predicted octanol–water partition coefficient (Wildman–Crippen LogP) is 2.05. The summed E-state index contributed by atoms with van der Waals surface area (Å²) >= 11 is 3.18. The minimum Gasteiger partial charge on any atom is -0.478 e. The van der Waals surface area contributed by atoms with Gasteiger partial charge >= 0.3 is 5.97 Å². The maximum Gasteiger partial charge on any atom is 0.337 e. The Bertz CT molecular complexity index is 566. The molecule has 0 atom stereocenters. The average molecular weight is 320 g/mol. The van der Waals surface area contributed by atoms with E-state index in [1.54, 1.807) is 6.07 Å². The third-order valence-corrected chi connectivity index (χ3v) is 4.77. The molecule has 7 heteroatoms. The molecule has 0 saturated heterocycles. The van der Waals surface area contributed by atoms with Gasteiger partial charge in [0.1, 0.15) is 0 Å². The fourth-order valence-electron chi connectivity index (χ4n) is 1.40. The smallest absolute Gasteiger partial charge is 0.337 e. The molecule has 1 saturated carbocycles. The van der Waals surface area contributed by atoms with Gasteiger partial charge in [-0.3, -0.25) is 4.72 Å². The van der Waals surface area contributed by atoms with E-state index in [2.05, 4.69) is 20.7 Å². The van der Waals surface area contributed by atoms with Gasteiger partial charge in [-0.2, -0.15) is 0 Å². The Morgan fingerprint density at radius 3 is 2.59 bits per heavy atom. The summed E-state index contributed by atoms with van der Waals surface area (Å²) in [5.74, 6) is -1.16. The quantitative estimate of drug-likeness (QED) is 0.889. The molecule has 92 valence electrons. The molecule has 0 spiro atoms. The number of halogens is 1. The SMILES string of the molecule is O=C(O)c1ccc(Br)cc1NS(=O)(=O)C1CC1. The third kappa shape index (κ3) is 2.78. The molecule has 1 aromatic rings. The predicted molar refractivity (Wildman–Crippen MR) is 66.7 cm³/mol. The van der Waals surface area contributed by atoms with Crippen molar-refractivity contribution in [3.63, 3.8) is 0 Å². The summed E-state index contributed by atoms with van der Waals surface area (Å²) in [4.78, 5) is 11.0. The molecule has 0 aromatic heterocycles. The molecule has 17 heavy (non-hydrogen) atoms. The Morgan fingerprint density at radius 2 is 2.06 bits per heavy atom. The zero-order chi connectivity index (χ0) is 12.6. The van der Waals surface area contributed by atoms with Crippen LogP contribution in [0.15, 0.2) is 22.7 Å². The van der Waals surface area contributed by atoms with Gasteiger partial charge < -0.3 is 5.11 Å². The van der Waals surface area contributed by atoms with Gasteiger partial charge in [-0.05, 0) is 31.0 Å². The summed E-state index contributed by atoms with van der Waals surface area (Å²) in [7, 11) is -3.45. The van der Waals surface area contributed by atoms with Crippen molar-refractivity contribution in [1.29, 1.82) is 0 Å². The van der Waals surface area contributed by atoms with Gasteiger partial charge in [-0.1, -0.05) is 15.9 Å². The summed E-state index contributed by atoms with van der Waals surface area (Å²) in [5.41, 5.74) is 0.0381. The monoisotopic (exact) mass is 319 g/mol. The van der Waals surface area contributed by atoms with Crippen LogP contribution in [0.3, 0.4) is 0 Å². The molecule has 0 bridgehead atoms. The van der Waals surface area contributed by atoms with Crippen LogP contribution in [0.25, 0.3) is 0 Å². The zero-order valence-corrected chi connectivity index (χ0v) is 11.1. The van der Waals surface area contributed by atoms with Crippen LogP contribution in [0.2, 0.25) is 0 Å². The summed E-state index contributed by atoms with van der Waals surface area (Å²) in [6.07, 6.45) is 1.26. The number of carboxylic acid groups (broad SMARTS) is 1. The number of hydrogen-bond acceptors (Lipinski definition) is 3. The van der Waals surface area contributed by atoms with E-state index in [0.717, 1.165) is 0 Å². The Balaban J connectivity index is 2.37. The molecular formula is C10H10BrNO4S. The van der Waals surface area contributed by atoms with E-state index in [-0.39, 0.29) is 16.5 Å². The van der Waals surface area contributed by atoms with Crippen molar-refractivity contribution in [2.24, 2.45) is 0 Å². The zero-order valence-electron chi connectivity index (χ0n) is 8.68. The number of benzene rings is 1. The van der Waals surface area contributed by atoms with Gasteiger partial charge in [0, 0.05) is 4.47 Å². The molecule has 1 aliphatic carbocycles. The van der Waals surface area contributed by atoms with Crippen LogP contribution < -0.4 is 4.72 Å². The van der Waals surface area contributed by atoms with Crippen LogP contribution in [-0.4, -0.2) is 24.7 Å². The van der Waals surface area contributed by atoms with Crippen molar-refractivity contribution in [3.05, 3.63) is 28.2 Å². The number of aromatic carboxylic acids is 1. The lowest BCUT2D eigenvalue weighted by atomic mass is 10.2. The second kappa shape index (κ2) is 4.30. The first-order chi connectivity index (χ1) is 7.90. The highest BCUT2D eigenvalue weighted by atomic mass is 79.9. The third-order valence-electron chi connectivity index (χ3n) is 2.43. The van der Waals surface area contributed by atoms with Crippen LogP contribution in [0.5, 0.6) is 0 Å². The van der Waals surface area contributed by atoms with Gasteiger partial charge in [0.05, 0.1) is 16.5 Å². The van der Waals surface area contributed by atoms with Gasteiger partial charge in [0.2, 0.25) is 10.0 Å². The Hall–Kier alpha value is -1.08. The maximum atomic E-state index is 11.7. The first-order valence-electron chi connectivity index (χ1n) is 4.94. The molecular weight excluding hydrogens is 310 g/mol. The molecule has 1 aliphatic rings. The number of anilines is 1. The van der Waals surface area contributed by atoms with Crippen LogP contribution in [0.1, 0.15) is 23.2 Å². The molecule has 0 amide bonds. The number of carboxylic acids is 1. The van der Waals surface area contributed by atoms with E-state index in [1.165, 1.54) is 12.1 Å². The van der Waals surface area contributed by atoms with E-state index in [9.17, 15) is 13.2 Å². The topological polar surface area (TPSA) is 83.5 Å². The average Bonchev–Trinajstić information content (AvgIpc) is 2.99. The number of sulfonamides is 1. The summed E-state index contributed by atoms with van der Waals surface area (Å²) in [6.45, 7) is 0. The summed E-state index contributed by atoms with van der Waals surface area (Å²) in [6, 6.07) is 4.36. The fourth-order valence-corrected chi connectivity index (χ4v) is 3.16. The number of hydrogen-bond donors (Lipinski definition) is 2. The number of nitrogens with one attached hydrogen (secondary N) is 1. The van der Waals surface area contributed by atoms with Gasteiger partial charge in [-0.15, -0.1) is 0 Å².